The van der Waals surface area contributed by atoms with Gasteiger partial charge in [-0.1, -0.05) is 12.1 Å². The van der Waals surface area contributed by atoms with Crippen LogP contribution in [0.1, 0.15) is 15.9 Å². The molecule has 28 heavy (non-hydrogen) atoms. The van der Waals surface area contributed by atoms with Gasteiger partial charge in [0, 0.05) is 19.6 Å². The van der Waals surface area contributed by atoms with E-state index in [1.165, 1.54) is 19.2 Å². The van der Waals surface area contributed by atoms with E-state index in [0.29, 0.717) is 42.6 Å². The van der Waals surface area contributed by atoms with Crippen molar-refractivity contribution in [2.24, 2.45) is 0 Å². The summed E-state index contributed by atoms with van der Waals surface area (Å²) < 4.78 is 29.2. The summed E-state index contributed by atoms with van der Waals surface area (Å²) in [6, 6.07) is 9.35. The molecule has 8 heteroatoms. The second-order valence-corrected chi connectivity index (χ2v) is 6.29. The molecule has 1 aliphatic rings. The highest BCUT2D eigenvalue weighted by Gasteiger charge is 2.24. The average Bonchev–Trinajstić information content (AvgIpc) is 2.72. The van der Waals surface area contributed by atoms with Gasteiger partial charge in [0.1, 0.15) is 19.0 Å². The molecule has 0 bridgehead atoms. The van der Waals surface area contributed by atoms with Gasteiger partial charge in [-0.15, -0.1) is 0 Å². The van der Waals surface area contributed by atoms with E-state index in [2.05, 4.69) is 10.6 Å². The van der Waals surface area contributed by atoms with Crippen molar-refractivity contribution < 1.29 is 28.5 Å². The Labute approximate surface area is 162 Å². The van der Waals surface area contributed by atoms with E-state index in [1.54, 1.807) is 24.3 Å². The maximum Gasteiger partial charge on any atom is 0.255 e. The Kier molecular flexibility index (Phi) is 6.67. The zero-order valence-corrected chi connectivity index (χ0v) is 15.5. The molecule has 1 heterocycles. The minimum Gasteiger partial charge on any atom is -0.493 e. The summed E-state index contributed by atoms with van der Waals surface area (Å²) in [6.07, 6.45) is -0.782. The van der Waals surface area contributed by atoms with E-state index in [1.807, 2.05) is 0 Å². The molecule has 1 unspecified atom stereocenters. The second-order valence-electron chi connectivity index (χ2n) is 6.29. The summed E-state index contributed by atoms with van der Waals surface area (Å²) in [5.74, 6) is 0.579. The first-order valence-electron chi connectivity index (χ1n) is 8.96. The van der Waals surface area contributed by atoms with Crippen LogP contribution in [0.4, 0.5) is 4.39 Å². The normalized spacial score (nSPS) is 13.7. The average molecular weight is 390 g/mol. The molecule has 1 atom stereocenters. The zero-order valence-electron chi connectivity index (χ0n) is 15.5. The Morgan fingerprint density at radius 2 is 1.86 bits per heavy atom. The molecule has 1 aliphatic heterocycles. The number of hydrogen-bond acceptors (Lipinski definition) is 6. The summed E-state index contributed by atoms with van der Waals surface area (Å²) in [5.41, 5.74) is 1.22. The minimum atomic E-state index is -0.782. The molecule has 7 nitrogen and oxygen atoms in total. The van der Waals surface area contributed by atoms with E-state index < -0.39 is 6.10 Å². The lowest BCUT2D eigenvalue weighted by Gasteiger charge is -2.22. The van der Waals surface area contributed by atoms with E-state index in [9.17, 15) is 14.3 Å². The van der Waals surface area contributed by atoms with Crippen LogP contribution in [0.15, 0.2) is 36.4 Å². The fraction of sp³-hybridized carbons (Fsp3) is 0.350. The smallest absolute Gasteiger partial charge is 0.255 e. The molecule has 2 aromatic rings. The number of rotatable bonds is 8. The van der Waals surface area contributed by atoms with Gasteiger partial charge in [0.05, 0.1) is 18.8 Å². The van der Waals surface area contributed by atoms with E-state index in [-0.39, 0.29) is 24.8 Å². The van der Waals surface area contributed by atoms with Crippen LogP contribution in [0, 0.1) is 5.82 Å². The summed E-state index contributed by atoms with van der Waals surface area (Å²) >= 11 is 0. The number of nitrogens with one attached hydrogen (secondary N) is 2. The monoisotopic (exact) mass is 390 g/mol. The Bertz CT molecular complexity index is 813. The van der Waals surface area contributed by atoms with Crippen LogP contribution in [0.2, 0.25) is 0 Å². The standard InChI is InChI=1S/C20H23FN2O5/c1-26-17-7-6-16(18-19(17)28-9-8-27-18)20(25)23-12-15(24)11-22-10-13-2-4-14(21)5-3-13/h2-7,15,22,24H,8-12H2,1H3,(H,23,25). The summed E-state index contributed by atoms with van der Waals surface area (Å²) in [5, 5.41) is 15.8. The van der Waals surface area contributed by atoms with Crippen molar-refractivity contribution in [1.29, 1.82) is 0 Å². The molecule has 0 aromatic heterocycles. The number of aliphatic hydroxyl groups excluding tert-OH is 1. The molecule has 3 N–H and O–H groups in total. The number of methoxy groups -OCH3 is 1. The summed E-state index contributed by atoms with van der Waals surface area (Å²) in [4.78, 5) is 12.5. The van der Waals surface area contributed by atoms with Gasteiger partial charge >= 0.3 is 0 Å². The maximum absolute atomic E-state index is 12.9. The lowest BCUT2D eigenvalue weighted by Crippen LogP contribution is -2.38. The molecule has 0 aliphatic carbocycles. The number of carbonyl (C=O) groups is 1. The fourth-order valence-corrected chi connectivity index (χ4v) is 2.81. The predicted octanol–water partition coefficient (Wildman–Crippen LogP) is 1.49. The zero-order chi connectivity index (χ0) is 19.9. The molecule has 0 fully saturated rings. The van der Waals surface area contributed by atoms with Crippen LogP contribution in [0.5, 0.6) is 17.2 Å². The van der Waals surface area contributed by atoms with Crippen molar-refractivity contribution in [3.8, 4) is 17.2 Å². The highest BCUT2D eigenvalue weighted by Crippen LogP contribution is 2.41. The third-order valence-corrected chi connectivity index (χ3v) is 4.24. The van der Waals surface area contributed by atoms with Crippen LogP contribution in [0.3, 0.4) is 0 Å². The van der Waals surface area contributed by atoms with Crippen molar-refractivity contribution in [3.05, 3.63) is 53.3 Å². The van der Waals surface area contributed by atoms with Gasteiger partial charge in [-0.2, -0.15) is 0 Å². The van der Waals surface area contributed by atoms with Crippen molar-refractivity contribution >= 4 is 5.91 Å². The Morgan fingerprint density at radius 3 is 2.57 bits per heavy atom. The van der Waals surface area contributed by atoms with Gasteiger partial charge in [0.15, 0.2) is 11.5 Å². The Balaban J connectivity index is 1.50. The molecular formula is C20H23FN2O5. The minimum absolute atomic E-state index is 0.0664. The van der Waals surface area contributed by atoms with Gasteiger partial charge in [-0.25, -0.2) is 4.39 Å². The predicted molar refractivity (Wildman–Crippen MR) is 100 cm³/mol. The number of carbonyl (C=O) groups excluding carboxylic acids is 1. The highest BCUT2D eigenvalue weighted by atomic mass is 19.1. The van der Waals surface area contributed by atoms with Crippen molar-refractivity contribution in [2.75, 3.05) is 33.4 Å². The van der Waals surface area contributed by atoms with E-state index in [4.69, 9.17) is 14.2 Å². The molecule has 0 spiro atoms. The number of amides is 1. The lowest BCUT2D eigenvalue weighted by atomic mass is 10.1. The van der Waals surface area contributed by atoms with Crippen LogP contribution >= 0.6 is 0 Å². The number of ether oxygens (including phenoxy) is 3. The molecular weight excluding hydrogens is 367 g/mol. The van der Waals surface area contributed by atoms with E-state index >= 15 is 0 Å². The molecule has 2 aromatic carbocycles. The highest BCUT2D eigenvalue weighted by molar-refractivity contribution is 5.98. The largest absolute Gasteiger partial charge is 0.493 e. The van der Waals surface area contributed by atoms with Gasteiger partial charge in [0.2, 0.25) is 5.75 Å². The molecule has 0 saturated carbocycles. The van der Waals surface area contributed by atoms with Gasteiger partial charge < -0.3 is 30.0 Å². The topological polar surface area (TPSA) is 89.1 Å². The van der Waals surface area contributed by atoms with Gasteiger partial charge in [-0.3, -0.25) is 4.79 Å². The molecule has 0 saturated heterocycles. The number of halogens is 1. The van der Waals surface area contributed by atoms with Gasteiger partial charge in [0.25, 0.3) is 5.91 Å². The first-order valence-corrected chi connectivity index (χ1v) is 8.96. The number of fused-ring (bicyclic) bond motifs is 1. The first-order chi connectivity index (χ1) is 13.6. The third kappa shape index (κ3) is 4.90. The van der Waals surface area contributed by atoms with Gasteiger partial charge in [-0.05, 0) is 29.8 Å². The van der Waals surface area contributed by atoms with Crippen LogP contribution in [0.25, 0.3) is 0 Å². The lowest BCUT2D eigenvalue weighted by molar-refractivity contribution is 0.0904. The Morgan fingerprint density at radius 1 is 1.14 bits per heavy atom. The summed E-state index contributed by atoms with van der Waals surface area (Å²) in [7, 11) is 1.52. The second kappa shape index (κ2) is 9.38. The Hall–Kier alpha value is -2.84. The molecule has 1 amide bonds. The third-order valence-electron chi connectivity index (χ3n) is 4.24. The van der Waals surface area contributed by atoms with Crippen LogP contribution in [-0.2, 0) is 6.54 Å². The first kappa shape index (κ1) is 19.9. The SMILES string of the molecule is COc1ccc(C(=O)NCC(O)CNCc2ccc(F)cc2)c2c1OCCO2. The number of aliphatic hydroxyl groups is 1. The van der Waals surface area contributed by atoms with Crippen LogP contribution < -0.4 is 24.8 Å². The summed E-state index contributed by atoms with van der Waals surface area (Å²) in [6.45, 7) is 1.56. The molecule has 3 rings (SSSR count). The fourth-order valence-electron chi connectivity index (χ4n) is 2.81. The van der Waals surface area contributed by atoms with Crippen molar-refractivity contribution in [1.82, 2.24) is 10.6 Å². The molecule has 150 valence electrons. The van der Waals surface area contributed by atoms with Crippen LogP contribution in [-0.4, -0.2) is 50.5 Å². The van der Waals surface area contributed by atoms with Crippen molar-refractivity contribution in [3.63, 3.8) is 0 Å². The number of benzene rings is 2. The quantitative estimate of drug-likeness (QED) is 0.633. The maximum atomic E-state index is 12.9. The van der Waals surface area contributed by atoms with E-state index in [0.717, 1.165) is 5.56 Å². The molecule has 0 radical (unpaired) electrons. The van der Waals surface area contributed by atoms with Crippen molar-refractivity contribution in [2.45, 2.75) is 12.6 Å². The number of hydrogen-bond donors (Lipinski definition) is 3.